The summed E-state index contributed by atoms with van der Waals surface area (Å²) in [4.78, 5) is 15.6. The number of benzene rings is 11. The van der Waals surface area contributed by atoms with Crippen molar-refractivity contribution >= 4 is 65.0 Å². The first-order valence-corrected chi connectivity index (χ1v) is 22.0. The van der Waals surface area contributed by atoms with Crippen molar-refractivity contribution in [1.82, 2.24) is 15.0 Å². The molecule has 2 aromatic heterocycles. The molecule has 0 saturated heterocycles. The third-order valence-electron chi connectivity index (χ3n) is 12.9. The fourth-order valence-corrected chi connectivity index (χ4v) is 9.68. The second-order valence-electron chi connectivity index (χ2n) is 16.7. The van der Waals surface area contributed by atoms with Gasteiger partial charge in [0.25, 0.3) is 0 Å². The molecule has 302 valence electrons. The summed E-state index contributed by atoms with van der Waals surface area (Å²) in [5, 5.41) is 11.7. The van der Waals surface area contributed by atoms with Crippen LogP contribution in [0.2, 0.25) is 0 Å². The predicted molar refractivity (Wildman–Crippen MR) is 270 cm³/mol. The second-order valence-corrected chi connectivity index (χ2v) is 16.7. The molecule has 0 amide bonds. The molecule has 13 aromatic rings. The van der Waals surface area contributed by atoms with Crippen LogP contribution in [0.25, 0.3) is 133 Å². The predicted octanol–water partition coefficient (Wildman–Crippen LogP) is 16.4. The average Bonchev–Trinajstić information content (AvgIpc) is 3.77. The number of fused-ring (bicyclic) bond motifs is 9. The molecule has 0 atom stereocenters. The van der Waals surface area contributed by atoms with Crippen LogP contribution in [0.4, 0.5) is 0 Å². The SMILES string of the molecule is c1ccc(-c2cccc(-c3nc(-c4ccccc4)nc(-c4cccc5oc6c(-c7ccc8c(ccc9ccccc98)c7)cc(-c7ccc8c(ccc9ccccc98)c7)cc6c45)n3)c2)cc1. The fraction of sp³-hybridized carbons (Fsp3) is 0. The van der Waals surface area contributed by atoms with Gasteiger partial charge < -0.3 is 4.42 Å². The van der Waals surface area contributed by atoms with Gasteiger partial charge in [-0.25, -0.2) is 15.0 Å². The Balaban J connectivity index is 1.06. The lowest BCUT2D eigenvalue weighted by Gasteiger charge is -2.12. The molecule has 0 aliphatic heterocycles. The van der Waals surface area contributed by atoms with Crippen LogP contribution >= 0.6 is 0 Å². The number of hydrogen-bond acceptors (Lipinski definition) is 4. The van der Waals surface area contributed by atoms with Crippen molar-refractivity contribution < 1.29 is 4.42 Å². The molecule has 2 heterocycles. The Kier molecular flexibility index (Phi) is 8.50. The third-order valence-corrected chi connectivity index (χ3v) is 12.9. The zero-order valence-corrected chi connectivity index (χ0v) is 35.1. The molecule has 0 aliphatic rings. The normalized spacial score (nSPS) is 11.7. The zero-order valence-electron chi connectivity index (χ0n) is 35.1. The van der Waals surface area contributed by atoms with Crippen LogP contribution < -0.4 is 0 Å². The molecule has 0 fully saturated rings. The molecule has 0 N–H and O–H groups in total. The van der Waals surface area contributed by atoms with E-state index in [2.05, 4.69) is 194 Å². The molecular formula is C61H37N3O. The van der Waals surface area contributed by atoms with Gasteiger partial charge in [0.2, 0.25) is 0 Å². The quantitative estimate of drug-likeness (QED) is 0.157. The summed E-state index contributed by atoms with van der Waals surface area (Å²) in [5.74, 6) is 1.79. The summed E-state index contributed by atoms with van der Waals surface area (Å²) >= 11 is 0. The lowest BCUT2D eigenvalue weighted by atomic mass is 9.92. The van der Waals surface area contributed by atoms with Gasteiger partial charge in [0.15, 0.2) is 17.5 Å². The first-order valence-electron chi connectivity index (χ1n) is 22.0. The molecule has 0 aliphatic carbocycles. The summed E-state index contributed by atoms with van der Waals surface area (Å²) in [6.45, 7) is 0. The first kappa shape index (κ1) is 36.9. The maximum atomic E-state index is 7.02. The van der Waals surface area contributed by atoms with E-state index in [1.54, 1.807) is 0 Å². The van der Waals surface area contributed by atoms with Crippen LogP contribution in [-0.2, 0) is 0 Å². The Hall–Kier alpha value is -8.73. The average molecular weight is 828 g/mol. The Morgan fingerprint density at radius 1 is 0.262 bits per heavy atom. The van der Waals surface area contributed by atoms with Gasteiger partial charge in [0.05, 0.1) is 0 Å². The van der Waals surface area contributed by atoms with E-state index >= 15 is 0 Å². The van der Waals surface area contributed by atoms with Crippen molar-refractivity contribution in [2.24, 2.45) is 0 Å². The minimum absolute atomic E-state index is 0.578. The molecule has 0 saturated carbocycles. The van der Waals surface area contributed by atoms with Crippen LogP contribution in [0.3, 0.4) is 0 Å². The van der Waals surface area contributed by atoms with Crippen molar-refractivity contribution in [3.63, 3.8) is 0 Å². The molecule has 4 nitrogen and oxygen atoms in total. The van der Waals surface area contributed by atoms with E-state index in [1.165, 1.54) is 43.1 Å². The van der Waals surface area contributed by atoms with E-state index < -0.39 is 0 Å². The number of furan rings is 1. The lowest BCUT2D eigenvalue weighted by Crippen LogP contribution is -2.00. The molecule has 13 rings (SSSR count). The van der Waals surface area contributed by atoms with Crippen molar-refractivity contribution in [2.45, 2.75) is 0 Å². The van der Waals surface area contributed by atoms with Gasteiger partial charge in [-0.15, -0.1) is 0 Å². The summed E-state index contributed by atoms with van der Waals surface area (Å²) < 4.78 is 7.02. The summed E-state index contributed by atoms with van der Waals surface area (Å²) in [6.07, 6.45) is 0. The van der Waals surface area contributed by atoms with E-state index in [-0.39, 0.29) is 0 Å². The van der Waals surface area contributed by atoms with E-state index in [0.717, 1.165) is 72.0 Å². The van der Waals surface area contributed by atoms with Gasteiger partial charge in [0, 0.05) is 33.0 Å². The van der Waals surface area contributed by atoms with Crippen LogP contribution in [0.5, 0.6) is 0 Å². The summed E-state index contributed by atoms with van der Waals surface area (Å²) in [6, 6.07) is 79.5. The van der Waals surface area contributed by atoms with Gasteiger partial charge in [-0.2, -0.15) is 0 Å². The lowest BCUT2D eigenvalue weighted by molar-refractivity contribution is 0.670. The Morgan fingerprint density at radius 2 is 0.785 bits per heavy atom. The number of rotatable bonds is 6. The Bertz CT molecular complexity index is 4000. The first-order chi connectivity index (χ1) is 32.2. The largest absolute Gasteiger partial charge is 0.455 e. The molecule has 0 spiro atoms. The summed E-state index contributed by atoms with van der Waals surface area (Å²) in [7, 11) is 0. The van der Waals surface area contributed by atoms with Gasteiger partial charge in [-0.3, -0.25) is 0 Å². The van der Waals surface area contributed by atoms with E-state index in [1.807, 2.05) is 30.3 Å². The van der Waals surface area contributed by atoms with Crippen molar-refractivity contribution in [2.75, 3.05) is 0 Å². The Labute approximate surface area is 374 Å². The molecule has 65 heavy (non-hydrogen) atoms. The van der Waals surface area contributed by atoms with E-state index in [4.69, 9.17) is 19.4 Å². The maximum Gasteiger partial charge on any atom is 0.164 e. The number of aromatic nitrogens is 3. The number of nitrogens with zero attached hydrogens (tertiary/aromatic N) is 3. The molecule has 0 bridgehead atoms. The van der Waals surface area contributed by atoms with Gasteiger partial charge in [0.1, 0.15) is 11.2 Å². The highest BCUT2D eigenvalue weighted by molar-refractivity contribution is 6.17. The van der Waals surface area contributed by atoms with Crippen LogP contribution in [0.15, 0.2) is 229 Å². The molecular weight excluding hydrogens is 791 g/mol. The Morgan fingerprint density at radius 3 is 1.51 bits per heavy atom. The van der Waals surface area contributed by atoms with Gasteiger partial charge in [-0.1, -0.05) is 188 Å². The van der Waals surface area contributed by atoms with Crippen molar-refractivity contribution in [3.05, 3.63) is 224 Å². The van der Waals surface area contributed by atoms with Crippen LogP contribution in [0, 0.1) is 0 Å². The molecule has 11 aromatic carbocycles. The highest BCUT2D eigenvalue weighted by atomic mass is 16.3. The number of hydrogen-bond donors (Lipinski definition) is 0. The molecule has 0 unspecified atom stereocenters. The fourth-order valence-electron chi connectivity index (χ4n) is 9.68. The minimum atomic E-state index is 0.578. The van der Waals surface area contributed by atoms with Crippen molar-refractivity contribution in [1.29, 1.82) is 0 Å². The smallest absolute Gasteiger partial charge is 0.164 e. The molecule has 4 heteroatoms. The highest BCUT2D eigenvalue weighted by Crippen LogP contribution is 2.44. The maximum absolute atomic E-state index is 7.02. The van der Waals surface area contributed by atoms with Crippen LogP contribution in [-0.4, -0.2) is 15.0 Å². The minimum Gasteiger partial charge on any atom is -0.455 e. The summed E-state index contributed by atoms with van der Waals surface area (Å²) in [5.41, 5.74) is 10.8. The van der Waals surface area contributed by atoms with E-state index in [0.29, 0.717) is 17.5 Å². The zero-order chi connectivity index (χ0) is 42.8. The third kappa shape index (κ3) is 6.34. The monoisotopic (exact) mass is 827 g/mol. The van der Waals surface area contributed by atoms with Crippen molar-refractivity contribution in [3.8, 4) is 67.5 Å². The topological polar surface area (TPSA) is 51.8 Å². The second kappa shape index (κ2) is 15.0. The van der Waals surface area contributed by atoms with Gasteiger partial charge in [-0.05, 0) is 107 Å². The highest BCUT2D eigenvalue weighted by Gasteiger charge is 2.22. The van der Waals surface area contributed by atoms with E-state index in [9.17, 15) is 0 Å². The van der Waals surface area contributed by atoms with Gasteiger partial charge >= 0.3 is 0 Å². The van der Waals surface area contributed by atoms with Crippen LogP contribution in [0.1, 0.15) is 0 Å². The molecule has 0 radical (unpaired) electrons. The standard InChI is InChI=1S/C61H37N3O/c1-3-13-38(14-4-1)42-19-11-20-47(34-42)60-62-59(41-17-5-2-6-18-41)63-61(64-60)53-23-12-24-56-57(53)55-37-48(43-29-31-51-44(33-43)27-25-39-15-7-9-21-49(39)51)36-54(58(55)65-56)46-30-32-52-45(35-46)28-26-40-16-8-10-22-50(40)52/h1-37H.